The van der Waals surface area contributed by atoms with Gasteiger partial charge >= 0.3 is 0 Å². The smallest absolute Gasteiger partial charge is 0.103 e. The van der Waals surface area contributed by atoms with E-state index in [2.05, 4.69) is 36.7 Å². The van der Waals surface area contributed by atoms with Crippen molar-refractivity contribution in [2.24, 2.45) is 0 Å². The maximum atomic E-state index is 5.15. The van der Waals surface area contributed by atoms with Crippen LogP contribution in [0.25, 0.3) is 0 Å². The third-order valence-electron chi connectivity index (χ3n) is 3.47. The maximum Gasteiger partial charge on any atom is 0.103 e. The highest BCUT2D eigenvalue weighted by molar-refractivity contribution is 7.71. The summed E-state index contributed by atoms with van der Waals surface area (Å²) in [4.78, 5) is 5.85. The van der Waals surface area contributed by atoms with E-state index in [1.807, 2.05) is 6.07 Å². The van der Waals surface area contributed by atoms with Crippen molar-refractivity contribution >= 4 is 12.2 Å². The molecule has 1 aliphatic rings. The fourth-order valence-corrected chi connectivity index (χ4v) is 2.91. The first-order valence-corrected chi connectivity index (χ1v) is 6.46. The lowest BCUT2D eigenvalue weighted by molar-refractivity contribution is 0.204. The lowest BCUT2D eigenvalue weighted by Gasteiger charge is -2.29. The molecule has 0 spiro atoms. The number of hydrogen-bond acceptors (Lipinski definition) is 2. The molecule has 0 aromatic carbocycles. The van der Waals surface area contributed by atoms with Crippen LogP contribution in [0.15, 0.2) is 12.1 Å². The Kier molecular flexibility index (Phi) is 3.45. The molecule has 0 saturated carbocycles. The summed E-state index contributed by atoms with van der Waals surface area (Å²) in [5.41, 5.74) is 2.64. The van der Waals surface area contributed by atoms with Gasteiger partial charge in [-0.15, -0.1) is 0 Å². The van der Waals surface area contributed by atoms with Crippen LogP contribution in [-0.2, 0) is 0 Å². The molecule has 1 aromatic rings. The van der Waals surface area contributed by atoms with Crippen molar-refractivity contribution in [2.75, 3.05) is 6.54 Å². The van der Waals surface area contributed by atoms with Crippen molar-refractivity contribution in [1.82, 2.24) is 9.88 Å². The van der Waals surface area contributed by atoms with Crippen molar-refractivity contribution in [3.8, 4) is 0 Å². The highest BCUT2D eigenvalue weighted by atomic mass is 32.1. The van der Waals surface area contributed by atoms with E-state index in [9.17, 15) is 0 Å². The molecular weight excluding hydrogens is 216 g/mol. The highest BCUT2D eigenvalue weighted by Gasteiger charge is 2.28. The van der Waals surface area contributed by atoms with Crippen LogP contribution >= 0.6 is 12.2 Å². The van der Waals surface area contributed by atoms with E-state index in [0.717, 1.165) is 4.64 Å². The Hall–Kier alpha value is -0.670. The van der Waals surface area contributed by atoms with Crippen LogP contribution in [0.5, 0.6) is 0 Å². The van der Waals surface area contributed by atoms with Crippen molar-refractivity contribution in [3.63, 3.8) is 0 Å². The molecule has 0 radical (unpaired) electrons. The van der Waals surface area contributed by atoms with Gasteiger partial charge in [-0.1, -0.05) is 18.3 Å². The van der Waals surface area contributed by atoms with Gasteiger partial charge in [0.2, 0.25) is 0 Å². The van der Waals surface area contributed by atoms with Crippen molar-refractivity contribution in [1.29, 1.82) is 0 Å². The number of pyridine rings is 1. The topological polar surface area (TPSA) is 19.0 Å². The highest BCUT2D eigenvalue weighted by Crippen LogP contribution is 2.34. The number of H-pyrrole nitrogens is 1. The molecule has 0 unspecified atom stereocenters. The normalized spacial score (nSPS) is 21.9. The van der Waals surface area contributed by atoms with Crippen LogP contribution in [0.3, 0.4) is 0 Å². The number of nitrogens with one attached hydrogen (secondary N) is 1. The second-order valence-corrected chi connectivity index (χ2v) is 5.33. The number of aromatic amines is 1. The monoisotopic (exact) mass is 236 g/mol. The number of likely N-dealkylation sites (tertiary alicyclic amines) is 1. The Morgan fingerprint density at radius 1 is 1.44 bits per heavy atom. The summed E-state index contributed by atoms with van der Waals surface area (Å²) in [6.07, 6.45) is 2.57. The Balaban J connectivity index is 2.33. The lowest BCUT2D eigenvalue weighted by atomic mass is 10.0. The van der Waals surface area contributed by atoms with Gasteiger partial charge in [0, 0.05) is 17.8 Å². The SMILES string of the molecule is Cc1[nH]c(=S)ccc1[C@H]1CCCN1C(C)C. The third kappa shape index (κ3) is 2.20. The molecule has 0 aliphatic carbocycles. The molecule has 2 heterocycles. The van der Waals surface area contributed by atoms with Gasteiger partial charge in [0.05, 0.1) is 0 Å². The van der Waals surface area contributed by atoms with E-state index in [0.29, 0.717) is 12.1 Å². The van der Waals surface area contributed by atoms with E-state index < -0.39 is 0 Å². The summed E-state index contributed by atoms with van der Waals surface area (Å²) in [6.45, 7) is 7.90. The zero-order chi connectivity index (χ0) is 11.7. The summed E-state index contributed by atoms with van der Waals surface area (Å²) < 4.78 is 0.829. The Labute approximate surface area is 103 Å². The average Bonchev–Trinajstić information content (AvgIpc) is 2.66. The molecule has 1 aliphatic heterocycles. The fraction of sp³-hybridized carbons (Fsp3) is 0.615. The third-order valence-corrected chi connectivity index (χ3v) is 3.71. The Bertz CT molecular complexity index is 422. The Morgan fingerprint density at radius 3 is 2.81 bits per heavy atom. The predicted molar refractivity (Wildman–Crippen MR) is 70.2 cm³/mol. The molecule has 2 rings (SSSR count). The zero-order valence-corrected chi connectivity index (χ0v) is 11.1. The van der Waals surface area contributed by atoms with Gasteiger partial charge in [-0.2, -0.15) is 0 Å². The molecule has 1 N–H and O–H groups in total. The minimum atomic E-state index is 0.576. The van der Waals surface area contributed by atoms with Gasteiger partial charge in [-0.25, -0.2) is 0 Å². The average molecular weight is 236 g/mol. The molecule has 2 nitrogen and oxygen atoms in total. The van der Waals surface area contributed by atoms with Gasteiger partial charge in [-0.3, -0.25) is 4.90 Å². The number of rotatable bonds is 2. The van der Waals surface area contributed by atoms with Crippen LogP contribution in [-0.4, -0.2) is 22.5 Å². The van der Waals surface area contributed by atoms with E-state index in [4.69, 9.17) is 12.2 Å². The summed E-state index contributed by atoms with van der Waals surface area (Å²) in [5.74, 6) is 0. The molecule has 1 aromatic heterocycles. The van der Waals surface area contributed by atoms with E-state index in [-0.39, 0.29) is 0 Å². The molecule has 16 heavy (non-hydrogen) atoms. The quantitative estimate of drug-likeness (QED) is 0.791. The standard InChI is InChI=1S/C13H20N2S/c1-9(2)15-8-4-5-12(15)11-6-7-13(16)14-10(11)3/h6-7,9,12H,4-5,8H2,1-3H3,(H,14,16)/t12-/m1/s1. The molecule has 1 atom stereocenters. The van der Waals surface area contributed by atoms with Crippen LogP contribution in [0.4, 0.5) is 0 Å². The molecule has 0 amide bonds. The minimum Gasteiger partial charge on any atom is -0.350 e. The van der Waals surface area contributed by atoms with Crippen molar-refractivity contribution in [2.45, 2.75) is 45.7 Å². The van der Waals surface area contributed by atoms with E-state index in [1.54, 1.807) is 0 Å². The number of hydrogen-bond donors (Lipinski definition) is 1. The molecule has 88 valence electrons. The second kappa shape index (κ2) is 4.68. The van der Waals surface area contributed by atoms with Gasteiger partial charge in [0.15, 0.2) is 0 Å². The first kappa shape index (κ1) is 11.8. The molecule has 0 bridgehead atoms. The summed E-state index contributed by atoms with van der Waals surface area (Å²) in [5, 5.41) is 0. The molecule has 3 heteroatoms. The van der Waals surface area contributed by atoms with Crippen molar-refractivity contribution in [3.05, 3.63) is 28.0 Å². The zero-order valence-electron chi connectivity index (χ0n) is 10.3. The number of nitrogens with zero attached hydrogens (tertiary/aromatic N) is 1. The van der Waals surface area contributed by atoms with Gasteiger partial charge < -0.3 is 4.98 Å². The van der Waals surface area contributed by atoms with Gasteiger partial charge in [0.25, 0.3) is 0 Å². The van der Waals surface area contributed by atoms with E-state index in [1.165, 1.54) is 30.6 Å². The molecular formula is C13H20N2S. The minimum absolute atomic E-state index is 0.576. The van der Waals surface area contributed by atoms with Crippen LogP contribution in [0.2, 0.25) is 0 Å². The second-order valence-electron chi connectivity index (χ2n) is 4.89. The first-order valence-electron chi connectivity index (χ1n) is 6.05. The van der Waals surface area contributed by atoms with E-state index >= 15 is 0 Å². The largest absolute Gasteiger partial charge is 0.350 e. The fourth-order valence-electron chi connectivity index (χ4n) is 2.69. The maximum absolute atomic E-state index is 5.15. The summed E-state index contributed by atoms with van der Waals surface area (Å²) in [6, 6.07) is 5.40. The molecule has 1 fully saturated rings. The summed E-state index contributed by atoms with van der Waals surface area (Å²) in [7, 11) is 0. The Morgan fingerprint density at radius 2 is 2.19 bits per heavy atom. The summed E-state index contributed by atoms with van der Waals surface area (Å²) >= 11 is 5.15. The van der Waals surface area contributed by atoms with Gasteiger partial charge in [0.1, 0.15) is 4.64 Å². The number of aromatic nitrogens is 1. The lowest BCUT2D eigenvalue weighted by Crippen LogP contribution is -2.30. The predicted octanol–water partition coefficient (Wildman–Crippen LogP) is 3.60. The van der Waals surface area contributed by atoms with Crippen molar-refractivity contribution < 1.29 is 0 Å². The van der Waals surface area contributed by atoms with Crippen LogP contribution in [0, 0.1) is 11.6 Å². The first-order chi connectivity index (χ1) is 7.59. The van der Waals surface area contributed by atoms with Crippen LogP contribution < -0.4 is 0 Å². The van der Waals surface area contributed by atoms with Gasteiger partial charge in [-0.05, 0) is 51.8 Å². The molecule has 1 saturated heterocycles. The van der Waals surface area contributed by atoms with Crippen LogP contribution in [0.1, 0.15) is 44.0 Å². The number of aryl methyl sites for hydroxylation is 1.